The van der Waals surface area contributed by atoms with E-state index in [1.165, 1.54) is 5.56 Å². The fourth-order valence-electron chi connectivity index (χ4n) is 3.66. The Morgan fingerprint density at radius 1 is 1.04 bits per heavy atom. The van der Waals surface area contributed by atoms with Gasteiger partial charge in [0, 0.05) is 39.8 Å². The van der Waals surface area contributed by atoms with E-state index in [1.807, 2.05) is 43.1 Å². The molecule has 1 unspecified atom stereocenters. The maximum absolute atomic E-state index is 12.9. The van der Waals surface area contributed by atoms with Crippen molar-refractivity contribution in [3.8, 4) is 0 Å². The van der Waals surface area contributed by atoms with Gasteiger partial charge in [-0.3, -0.25) is 9.69 Å². The summed E-state index contributed by atoms with van der Waals surface area (Å²) >= 11 is 1.55. The van der Waals surface area contributed by atoms with Crippen LogP contribution in [-0.2, 0) is 18.4 Å². The monoisotopic (exact) mass is 394 g/mol. The molecule has 0 bridgehead atoms. The summed E-state index contributed by atoms with van der Waals surface area (Å²) < 4.78 is 2.07. The lowest BCUT2D eigenvalue weighted by Crippen LogP contribution is -2.50. The second kappa shape index (κ2) is 8.37. The predicted octanol–water partition coefficient (Wildman–Crippen LogP) is 3.40. The van der Waals surface area contributed by atoms with Crippen LogP contribution in [0.2, 0.25) is 0 Å². The number of amides is 1. The van der Waals surface area contributed by atoms with Crippen LogP contribution in [0.5, 0.6) is 0 Å². The smallest absolute Gasteiger partial charge is 0.235 e. The minimum Gasteiger partial charge on any atom is -0.339 e. The summed E-state index contributed by atoms with van der Waals surface area (Å²) in [5, 5.41) is 0.751. The van der Waals surface area contributed by atoms with Crippen LogP contribution in [0.3, 0.4) is 0 Å². The minimum atomic E-state index is -0.142. The van der Waals surface area contributed by atoms with E-state index in [1.54, 1.807) is 11.8 Å². The quantitative estimate of drug-likeness (QED) is 0.622. The zero-order chi connectivity index (χ0) is 19.5. The molecule has 1 aromatic heterocycles. The summed E-state index contributed by atoms with van der Waals surface area (Å²) in [5.41, 5.74) is 3.40. The first kappa shape index (κ1) is 19.0. The lowest BCUT2D eigenvalue weighted by Gasteiger charge is -2.35. The molecule has 0 spiro atoms. The maximum atomic E-state index is 12.9. The molecule has 0 N–H and O–H groups in total. The number of fused-ring (bicyclic) bond motifs is 1. The van der Waals surface area contributed by atoms with Gasteiger partial charge in [-0.2, -0.15) is 0 Å². The molecule has 146 valence electrons. The summed E-state index contributed by atoms with van der Waals surface area (Å²) in [6.45, 7) is 6.36. The first-order chi connectivity index (χ1) is 13.6. The van der Waals surface area contributed by atoms with E-state index in [2.05, 4.69) is 44.8 Å². The highest BCUT2D eigenvalue weighted by Gasteiger charge is 2.26. The van der Waals surface area contributed by atoms with Gasteiger partial charge in [-0.15, -0.1) is 0 Å². The maximum Gasteiger partial charge on any atom is 0.235 e. The Labute approximate surface area is 170 Å². The van der Waals surface area contributed by atoms with Crippen LogP contribution in [0.25, 0.3) is 11.0 Å². The Morgan fingerprint density at radius 3 is 2.43 bits per heavy atom. The second-order valence-electron chi connectivity index (χ2n) is 7.29. The van der Waals surface area contributed by atoms with Crippen LogP contribution >= 0.6 is 11.8 Å². The molecule has 28 heavy (non-hydrogen) atoms. The molecule has 1 fully saturated rings. The van der Waals surface area contributed by atoms with Crippen molar-refractivity contribution < 1.29 is 4.79 Å². The molecular formula is C22H26N4OS. The van der Waals surface area contributed by atoms with Gasteiger partial charge in [0.15, 0.2) is 5.16 Å². The molecule has 3 aromatic rings. The van der Waals surface area contributed by atoms with Crippen LogP contribution in [-0.4, -0.2) is 56.7 Å². The number of hydrogen-bond acceptors (Lipinski definition) is 4. The number of carbonyl (C=O) groups excluding carboxylic acids is 1. The Balaban J connectivity index is 1.33. The molecule has 6 heteroatoms. The highest BCUT2D eigenvalue weighted by molar-refractivity contribution is 8.00. The molecule has 1 saturated heterocycles. The van der Waals surface area contributed by atoms with E-state index in [4.69, 9.17) is 0 Å². The van der Waals surface area contributed by atoms with Crippen LogP contribution in [0.15, 0.2) is 59.8 Å². The summed E-state index contributed by atoms with van der Waals surface area (Å²) in [7, 11) is 2.01. The number of hydrogen-bond donors (Lipinski definition) is 0. The number of carbonyl (C=O) groups is 1. The van der Waals surface area contributed by atoms with Crippen LogP contribution < -0.4 is 0 Å². The van der Waals surface area contributed by atoms with E-state index in [0.717, 1.165) is 48.9 Å². The first-order valence-electron chi connectivity index (χ1n) is 9.75. The van der Waals surface area contributed by atoms with Gasteiger partial charge in [-0.1, -0.05) is 54.2 Å². The van der Waals surface area contributed by atoms with Gasteiger partial charge in [0.05, 0.1) is 16.3 Å². The number of rotatable bonds is 5. The fourth-order valence-corrected chi connectivity index (χ4v) is 4.64. The number of imidazole rings is 1. The van der Waals surface area contributed by atoms with Crippen molar-refractivity contribution in [1.29, 1.82) is 0 Å². The van der Waals surface area contributed by atoms with E-state index in [-0.39, 0.29) is 11.2 Å². The Morgan fingerprint density at radius 2 is 1.71 bits per heavy atom. The number of para-hydroxylation sites is 2. The summed E-state index contributed by atoms with van der Waals surface area (Å²) in [4.78, 5) is 22.0. The first-order valence-corrected chi connectivity index (χ1v) is 10.6. The summed E-state index contributed by atoms with van der Waals surface area (Å²) in [6, 6.07) is 18.6. The van der Waals surface area contributed by atoms with E-state index in [0.29, 0.717) is 0 Å². The number of thioether (sulfide) groups is 1. The van der Waals surface area contributed by atoms with Gasteiger partial charge in [0.25, 0.3) is 0 Å². The van der Waals surface area contributed by atoms with Crippen molar-refractivity contribution in [3.05, 3.63) is 60.2 Å². The third kappa shape index (κ3) is 4.08. The SMILES string of the molecule is CC(Sc1nc2ccccc2n1C)C(=O)N1CCN(Cc2ccccc2)CC1. The third-order valence-electron chi connectivity index (χ3n) is 5.31. The standard InChI is InChI=1S/C22H26N4OS/c1-17(28-22-23-19-10-6-7-11-20(19)24(22)2)21(27)26-14-12-25(13-15-26)16-18-8-4-3-5-9-18/h3-11,17H,12-16H2,1-2H3. The molecule has 0 saturated carbocycles. The Hall–Kier alpha value is -2.31. The average Bonchev–Trinajstić information content (AvgIpc) is 3.04. The van der Waals surface area contributed by atoms with Crippen molar-refractivity contribution in [2.24, 2.45) is 7.05 Å². The molecule has 5 nitrogen and oxygen atoms in total. The molecule has 1 aliphatic rings. The van der Waals surface area contributed by atoms with Crippen molar-refractivity contribution in [1.82, 2.24) is 19.4 Å². The van der Waals surface area contributed by atoms with Crippen LogP contribution in [0, 0.1) is 0 Å². The van der Waals surface area contributed by atoms with E-state index in [9.17, 15) is 4.79 Å². The number of benzene rings is 2. The van der Waals surface area contributed by atoms with Crippen molar-refractivity contribution in [2.75, 3.05) is 26.2 Å². The van der Waals surface area contributed by atoms with Crippen molar-refractivity contribution in [2.45, 2.75) is 23.9 Å². The molecule has 2 heterocycles. The van der Waals surface area contributed by atoms with E-state index < -0.39 is 0 Å². The van der Waals surface area contributed by atoms with Crippen LogP contribution in [0.1, 0.15) is 12.5 Å². The van der Waals surface area contributed by atoms with Gasteiger partial charge in [0.1, 0.15) is 0 Å². The Bertz CT molecular complexity index is 948. The second-order valence-corrected chi connectivity index (χ2v) is 8.60. The van der Waals surface area contributed by atoms with Gasteiger partial charge in [0.2, 0.25) is 5.91 Å². The zero-order valence-corrected chi connectivity index (χ0v) is 17.2. The molecule has 1 amide bonds. The highest BCUT2D eigenvalue weighted by atomic mass is 32.2. The lowest BCUT2D eigenvalue weighted by atomic mass is 10.2. The van der Waals surface area contributed by atoms with Gasteiger partial charge >= 0.3 is 0 Å². The molecule has 0 radical (unpaired) electrons. The lowest BCUT2D eigenvalue weighted by molar-refractivity contribution is -0.132. The Kier molecular flexibility index (Phi) is 5.69. The normalized spacial score (nSPS) is 16.4. The van der Waals surface area contributed by atoms with Crippen LogP contribution in [0.4, 0.5) is 0 Å². The minimum absolute atomic E-state index is 0.142. The number of piperazine rings is 1. The third-order valence-corrected chi connectivity index (χ3v) is 6.44. The highest BCUT2D eigenvalue weighted by Crippen LogP contribution is 2.27. The average molecular weight is 395 g/mol. The van der Waals surface area contributed by atoms with Gasteiger partial charge in [-0.25, -0.2) is 4.98 Å². The van der Waals surface area contributed by atoms with Gasteiger partial charge in [-0.05, 0) is 24.6 Å². The molecular weight excluding hydrogens is 368 g/mol. The number of aryl methyl sites for hydroxylation is 1. The van der Waals surface area contributed by atoms with Crippen molar-refractivity contribution >= 4 is 28.7 Å². The predicted molar refractivity (Wildman–Crippen MR) is 114 cm³/mol. The zero-order valence-electron chi connectivity index (χ0n) is 16.4. The summed E-state index contributed by atoms with van der Waals surface area (Å²) in [5.74, 6) is 0.205. The van der Waals surface area contributed by atoms with E-state index >= 15 is 0 Å². The molecule has 2 aromatic carbocycles. The summed E-state index contributed by atoms with van der Waals surface area (Å²) in [6.07, 6.45) is 0. The van der Waals surface area contributed by atoms with Gasteiger partial charge < -0.3 is 9.47 Å². The fraction of sp³-hybridized carbons (Fsp3) is 0.364. The molecule has 0 aliphatic carbocycles. The van der Waals surface area contributed by atoms with Crippen molar-refractivity contribution in [3.63, 3.8) is 0 Å². The largest absolute Gasteiger partial charge is 0.339 e. The molecule has 4 rings (SSSR count). The number of aromatic nitrogens is 2. The molecule has 1 aliphatic heterocycles. The number of nitrogens with zero attached hydrogens (tertiary/aromatic N) is 4. The molecule has 1 atom stereocenters. The topological polar surface area (TPSA) is 41.4 Å².